The second kappa shape index (κ2) is 5.97. The lowest BCUT2D eigenvalue weighted by molar-refractivity contribution is -0.0894. The Morgan fingerprint density at radius 3 is 2.86 bits per heavy atom. The van der Waals surface area contributed by atoms with E-state index >= 15 is 0 Å². The van der Waals surface area contributed by atoms with Crippen LogP contribution < -0.4 is 0 Å². The molecule has 3 atom stereocenters. The van der Waals surface area contributed by atoms with Gasteiger partial charge in [0.2, 0.25) is 0 Å². The van der Waals surface area contributed by atoms with E-state index in [0.717, 1.165) is 37.9 Å². The van der Waals surface area contributed by atoms with Gasteiger partial charge in [-0.3, -0.25) is 4.79 Å². The van der Waals surface area contributed by atoms with Crippen molar-refractivity contribution in [2.75, 3.05) is 20.8 Å². The molecular weight excluding hydrogens is 280 g/mol. The van der Waals surface area contributed by atoms with Gasteiger partial charge in [-0.1, -0.05) is 6.07 Å². The van der Waals surface area contributed by atoms with Gasteiger partial charge in [-0.15, -0.1) is 0 Å². The van der Waals surface area contributed by atoms with E-state index in [1.807, 2.05) is 24.0 Å². The fraction of sp³-hybridized carbons (Fsp3) is 0.647. The van der Waals surface area contributed by atoms with Gasteiger partial charge in [-0.05, 0) is 44.7 Å². The Morgan fingerprint density at radius 1 is 1.36 bits per heavy atom. The van der Waals surface area contributed by atoms with Crippen molar-refractivity contribution in [3.05, 3.63) is 29.6 Å². The topological polar surface area (TPSA) is 51.7 Å². The number of fused-ring (bicyclic) bond motifs is 1. The molecule has 1 aromatic rings. The van der Waals surface area contributed by atoms with Crippen LogP contribution in [0.5, 0.6) is 0 Å². The van der Waals surface area contributed by atoms with Crippen molar-refractivity contribution in [1.82, 2.24) is 9.88 Å². The van der Waals surface area contributed by atoms with E-state index in [1.54, 1.807) is 20.3 Å². The lowest BCUT2D eigenvalue weighted by Crippen LogP contribution is -2.53. The Morgan fingerprint density at radius 2 is 2.18 bits per heavy atom. The van der Waals surface area contributed by atoms with Gasteiger partial charge in [-0.2, -0.15) is 0 Å². The van der Waals surface area contributed by atoms with E-state index in [2.05, 4.69) is 4.98 Å². The number of aryl methyl sites for hydroxylation is 1. The first-order valence-electron chi connectivity index (χ1n) is 7.92. The van der Waals surface area contributed by atoms with Crippen LogP contribution in [-0.4, -0.2) is 54.3 Å². The third-order valence-corrected chi connectivity index (χ3v) is 5.24. The zero-order valence-electron chi connectivity index (χ0n) is 13.5. The third-order valence-electron chi connectivity index (χ3n) is 5.24. The molecule has 1 aliphatic carbocycles. The summed E-state index contributed by atoms with van der Waals surface area (Å²) in [6.07, 6.45) is 3.86. The summed E-state index contributed by atoms with van der Waals surface area (Å²) in [5.74, 6) is 0.00405. The molecule has 2 fully saturated rings. The van der Waals surface area contributed by atoms with E-state index in [4.69, 9.17) is 9.47 Å². The normalized spacial score (nSPS) is 31.1. The van der Waals surface area contributed by atoms with E-state index in [-0.39, 0.29) is 23.7 Å². The molecule has 120 valence electrons. The number of carbonyl (C=O) groups is 1. The van der Waals surface area contributed by atoms with E-state index in [9.17, 15) is 4.79 Å². The SMILES string of the molecule is COC1CC[C@@]2(OC)CCN(C(=O)c3cccc(C)n3)C2C1. The number of hydrogen-bond donors (Lipinski definition) is 0. The summed E-state index contributed by atoms with van der Waals surface area (Å²) in [6, 6.07) is 5.65. The third kappa shape index (κ3) is 2.52. The molecule has 0 radical (unpaired) electrons. The van der Waals surface area contributed by atoms with Crippen LogP contribution in [0.25, 0.3) is 0 Å². The summed E-state index contributed by atoms with van der Waals surface area (Å²) in [5.41, 5.74) is 1.17. The summed E-state index contributed by atoms with van der Waals surface area (Å²) in [7, 11) is 3.51. The lowest BCUT2D eigenvalue weighted by Gasteiger charge is -2.43. The maximum Gasteiger partial charge on any atom is 0.272 e. The van der Waals surface area contributed by atoms with Gasteiger partial charge in [0, 0.05) is 26.5 Å². The summed E-state index contributed by atoms with van der Waals surface area (Å²) < 4.78 is 11.4. The standard InChI is InChI=1S/C17H24N2O3/c1-12-5-4-6-14(18-12)16(20)19-10-9-17(22-3)8-7-13(21-2)11-15(17)19/h4-6,13,15H,7-11H2,1-3H3/t13?,15?,17-/m1/s1. The van der Waals surface area contributed by atoms with Crippen molar-refractivity contribution in [2.45, 2.75) is 50.4 Å². The molecule has 1 aromatic heterocycles. The number of hydrogen-bond acceptors (Lipinski definition) is 4. The molecule has 2 unspecified atom stereocenters. The minimum Gasteiger partial charge on any atom is -0.381 e. The van der Waals surface area contributed by atoms with Gasteiger partial charge in [0.1, 0.15) is 5.69 Å². The summed E-state index contributed by atoms with van der Waals surface area (Å²) in [6.45, 7) is 2.63. The fourth-order valence-corrected chi connectivity index (χ4v) is 3.93. The van der Waals surface area contributed by atoms with Crippen LogP contribution in [0.1, 0.15) is 41.9 Å². The number of aromatic nitrogens is 1. The van der Waals surface area contributed by atoms with Crippen molar-refractivity contribution < 1.29 is 14.3 Å². The molecule has 3 rings (SSSR count). The second-order valence-electron chi connectivity index (χ2n) is 6.33. The second-order valence-corrected chi connectivity index (χ2v) is 6.33. The van der Waals surface area contributed by atoms with Crippen molar-refractivity contribution in [1.29, 1.82) is 0 Å². The highest BCUT2D eigenvalue weighted by Crippen LogP contribution is 2.43. The number of amides is 1. The number of likely N-dealkylation sites (tertiary alicyclic amines) is 1. The zero-order chi connectivity index (χ0) is 15.7. The van der Waals surface area contributed by atoms with Crippen LogP contribution in [0.4, 0.5) is 0 Å². The maximum atomic E-state index is 12.9. The van der Waals surface area contributed by atoms with Gasteiger partial charge < -0.3 is 14.4 Å². The van der Waals surface area contributed by atoms with Crippen LogP contribution in [0, 0.1) is 6.92 Å². The molecule has 1 saturated heterocycles. The molecule has 5 heteroatoms. The first-order chi connectivity index (χ1) is 10.6. The largest absolute Gasteiger partial charge is 0.381 e. The minimum absolute atomic E-state index is 0.00405. The summed E-state index contributed by atoms with van der Waals surface area (Å²) in [4.78, 5) is 19.2. The fourth-order valence-electron chi connectivity index (χ4n) is 3.93. The molecular formula is C17H24N2O3. The quantitative estimate of drug-likeness (QED) is 0.859. The van der Waals surface area contributed by atoms with E-state index < -0.39 is 0 Å². The smallest absolute Gasteiger partial charge is 0.272 e. The van der Waals surface area contributed by atoms with Gasteiger partial charge in [0.15, 0.2) is 0 Å². The molecule has 0 N–H and O–H groups in total. The molecule has 0 aromatic carbocycles. The van der Waals surface area contributed by atoms with Crippen LogP contribution in [0.2, 0.25) is 0 Å². The first kappa shape index (κ1) is 15.4. The van der Waals surface area contributed by atoms with Gasteiger partial charge in [0.25, 0.3) is 5.91 Å². The molecule has 22 heavy (non-hydrogen) atoms. The molecule has 2 heterocycles. The number of ether oxygens (including phenoxy) is 2. The molecule has 2 aliphatic rings. The summed E-state index contributed by atoms with van der Waals surface area (Å²) >= 11 is 0. The van der Waals surface area contributed by atoms with Crippen molar-refractivity contribution >= 4 is 5.91 Å². The lowest BCUT2D eigenvalue weighted by atomic mass is 9.79. The van der Waals surface area contributed by atoms with E-state index in [1.165, 1.54) is 0 Å². The highest BCUT2D eigenvalue weighted by Gasteiger charge is 2.52. The van der Waals surface area contributed by atoms with E-state index in [0.29, 0.717) is 5.69 Å². The Labute approximate surface area is 131 Å². The molecule has 1 aliphatic heterocycles. The number of carbonyl (C=O) groups excluding carboxylic acids is 1. The Kier molecular flexibility index (Phi) is 4.19. The van der Waals surface area contributed by atoms with Crippen LogP contribution in [0.15, 0.2) is 18.2 Å². The van der Waals surface area contributed by atoms with Crippen molar-refractivity contribution in [3.63, 3.8) is 0 Å². The predicted octanol–water partition coefficient (Wildman–Crippen LogP) is 2.19. The maximum absolute atomic E-state index is 12.9. The highest BCUT2D eigenvalue weighted by atomic mass is 16.5. The molecule has 1 saturated carbocycles. The molecule has 0 bridgehead atoms. The Bertz CT molecular complexity index is 563. The number of pyridine rings is 1. The Hall–Kier alpha value is -1.46. The van der Waals surface area contributed by atoms with Crippen molar-refractivity contribution in [3.8, 4) is 0 Å². The highest BCUT2D eigenvalue weighted by molar-refractivity contribution is 5.93. The summed E-state index contributed by atoms with van der Waals surface area (Å²) in [5, 5.41) is 0. The minimum atomic E-state index is -0.214. The zero-order valence-corrected chi connectivity index (χ0v) is 13.5. The number of rotatable bonds is 3. The average Bonchev–Trinajstić information content (AvgIpc) is 2.93. The van der Waals surface area contributed by atoms with Gasteiger partial charge in [-0.25, -0.2) is 4.98 Å². The molecule has 0 spiro atoms. The van der Waals surface area contributed by atoms with Crippen LogP contribution in [0.3, 0.4) is 0 Å². The molecule has 1 amide bonds. The first-order valence-corrected chi connectivity index (χ1v) is 7.92. The van der Waals surface area contributed by atoms with Crippen LogP contribution in [-0.2, 0) is 9.47 Å². The average molecular weight is 304 g/mol. The number of methoxy groups -OCH3 is 2. The van der Waals surface area contributed by atoms with Gasteiger partial charge in [0.05, 0.1) is 17.7 Å². The predicted molar refractivity (Wildman–Crippen MR) is 82.8 cm³/mol. The Balaban J connectivity index is 1.86. The van der Waals surface area contributed by atoms with Crippen molar-refractivity contribution in [2.24, 2.45) is 0 Å². The van der Waals surface area contributed by atoms with Crippen LogP contribution >= 0.6 is 0 Å². The number of nitrogens with zero attached hydrogens (tertiary/aromatic N) is 2. The monoisotopic (exact) mass is 304 g/mol. The van der Waals surface area contributed by atoms with Gasteiger partial charge >= 0.3 is 0 Å². The molecule has 5 nitrogen and oxygen atoms in total.